The molecule has 0 radical (unpaired) electrons. The molecule has 0 aliphatic carbocycles. The molecule has 20 heavy (non-hydrogen) atoms. The predicted octanol–water partition coefficient (Wildman–Crippen LogP) is 1.06. The van der Waals surface area contributed by atoms with Crippen LogP contribution in [0, 0.1) is 6.92 Å². The summed E-state index contributed by atoms with van der Waals surface area (Å²) < 4.78 is 10.1. The van der Waals surface area contributed by atoms with Crippen molar-refractivity contribution in [3.8, 4) is 5.75 Å². The second kappa shape index (κ2) is 8.55. The fourth-order valence-corrected chi connectivity index (χ4v) is 1.93. The van der Waals surface area contributed by atoms with Gasteiger partial charge >= 0.3 is 0 Å². The Labute approximate surface area is 119 Å². The lowest BCUT2D eigenvalue weighted by Gasteiger charge is -2.12. The van der Waals surface area contributed by atoms with Gasteiger partial charge in [0, 0.05) is 19.2 Å². The van der Waals surface area contributed by atoms with E-state index in [-0.39, 0.29) is 18.9 Å². The number of rotatable bonds is 8. The second-order valence-electron chi connectivity index (χ2n) is 4.74. The minimum atomic E-state index is -0.547. The Morgan fingerprint density at radius 3 is 2.80 bits per heavy atom. The summed E-state index contributed by atoms with van der Waals surface area (Å²) in [5.41, 5.74) is 1.95. The molecular weight excluding hydrogens is 258 g/mol. The van der Waals surface area contributed by atoms with Crippen LogP contribution in [0.1, 0.15) is 17.5 Å². The third kappa shape index (κ3) is 5.59. The first-order valence-corrected chi connectivity index (χ1v) is 6.64. The summed E-state index contributed by atoms with van der Waals surface area (Å²) in [5.74, 6) is 0.628. The number of amides is 1. The van der Waals surface area contributed by atoms with Gasteiger partial charge in [0.25, 0.3) is 0 Å². The fraction of sp³-hybridized carbons (Fsp3) is 0.533. The molecule has 0 heterocycles. The lowest BCUT2D eigenvalue weighted by Crippen LogP contribution is -2.29. The van der Waals surface area contributed by atoms with Crippen LogP contribution in [0.3, 0.4) is 0 Å². The van der Waals surface area contributed by atoms with Crippen LogP contribution < -0.4 is 10.1 Å². The largest absolute Gasteiger partial charge is 0.496 e. The summed E-state index contributed by atoms with van der Waals surface area (Å²) in [6.07, 6.45) is 0.198. The minimum Gasteiger partial charge on any atom is -0.496 e. The van der Waals surface area contributed by atoms with Crippen LogP contribution in [0.25, 0.3) is 0 Å². The number of carbonyl (C=O) groups is 1. The van der Waals surface area contributed by atoms with E-state index in [4.69, 9.17) is 9.47 Å². The van der Waals surface area contributed by atoms with Crippen molar-refractivity contribution in [3.05, 3.63) is 29.3 Å². The lowest BCUT2D eigenvalue weighted by molar-refractivity contribution is -0.120. The molecule has 1 unspecified atom stereocenters. The number of aryl methyl sites for hydroxylation is 1. The molecule has 1 atom stereocenters. The van der Waals surface area contributed by atoms with E-state index in [9.17, 15) is 9.90 Å². The molecule has 0 spiro atoms. The third-order valence-corrected chi connectivity index (χ3v) is 2.95. The standard InChI is InChI=1S/C15H23NO4/c1-11-4-5-14(20-3)12(8-11)9-15(18)16-7-6-13(17)10-19-2/h4-5,8,13,17H,6-7,9-10H2,1-3H3,(H,16,18). The number of ether oxygens (including phenoxy) is 2. The highest BCUT2D eigenvalue weighted by molar-refractivity contribution is 5.79. The molecule has 1 amide bonds. The molecule has 1 aromatic rings. The van der Waals surface area contributed by atoms with Gasteiger partial charge in [-0.15, -0.1) is 0 Å². The van der Waals surface area contributed by atoms with Crippen molar-refractivity contribution in [3.63, 3.8) is 0 Å². The smallest absolute Gasteiger partial charge is 0.224 e. The van der Waals surface area contributed by atoms with Crippen molar-refractivity contribution in [2.24, 2.45) is 0 Å². The number of nitrogens with one attached hydrogen (secondary N) is 1. The molecule has 0 bridgehead atoms. The maximum absolute atomic E-state index is 11.9. The molecule has 1 aromatic carbocycles. The van der Waals surface area contributed by atoms with E-state index in [1.807, 2.05) is 25.1 Å². The van der Waals surface area contributed by atoms with Crippen LogP contribution in [-0.4, -0.2) is 44.5 Å². The Morgan fingerprint density at radius 1 is 1.40 bits per heavy atom. The summed E-state index contributed by atoms with van der Waals surface area (Å²) in [5, 5.41) is 12.3. The Kier molecular flexibility index (Phi) is 7.04. The van der Waals surface area contributed by atoms with E-state index in [0.717, 1.165) is 11.1 Å². The van der Waals surface area contributed by atoms with Gasteiger partial charge < -0.3 is 19.9 Å². The third-order valence-electron chi connectivity index (χ3n) is 2.95. The van der Waals surface area contributed by atoms with Crippen LogP contribution in [0.15, 0.2) is 18.2 Å². The normalized spacial score (nSPS) is 12.0. The van der Waals surface area contributed by atoms with Crippen molar-refractivity contribution in [2.75, 3.05) is 27.4 Å². The molecule has 0 aliphatic heterocycles. The van der Waals surface area contributed by atoms with Gasteiger partial charge in [0.2, 0.25) is 5.91 Å². The quantitative estimate of drug-likeness (QED) is 0.747. The van der Waals surface area contributed by atoms with Gasteiger partial charge in [0.15, 0.2) is 0 Å². The van der Waals surface area contributed by atoms with E-state index in [0.29, 0.717) is 18.7 Å². The summed E-state index contributed by atoms with van der Waals surface area (Å²) >= 11 is 0. The Morgan fingerprint density at radius 2 is 2.15 bits per heavy atom. The van der Waals surface area contributed by atoms with E-state index in [1.165, 1.54) is 7.11 Å². The van der Waals surface area contributed by atoms with Crippen molar-refractivity contribution in [1.82, 2.24) is 5.32 Å². The first-order valence-electron chi connectivity index (χ1n) is 6.64. The summed E-state index contributed by atoms with van der Waals surface area (Å²) in [6.45, 7) is 2.68. The number of benzene rings is 1. The van der Waals surface area contributed by atoms with E-state index in [2.05, 4.69) is 5.32 Å². The maximum atomic E-state index is 11.9. The number of methoxy groups -OCH3 is 2. The van der Waals surface area contributed by atoms with E-state index in [1.54, 1.807) is 7.11 Å². The number of hydrogen-bond acceptors (Lipinski definition) is 4. The van der Waals surface area contributed by atoms with Gasteiger partial charge in [-0.05, 0) is 19.4 Å². The highest BCUT2D eigenvalue weighted by Crippen LogP contribution is 2.19. The number of hydrogen-bond donors (Lipinski definition) is 2. The second-order valence-corrected chi connectivity index (χ2v) is 4.74. The summed E-state index contributed by atoms with van der Waals surface area (Å²) in [4.78, 5) is 11.9. The average molecular weight is 281 g/mol. The number of aliphatic hydroxyl groups is 1. The molecule has 1 rings (SSSR count). The maximum Gasteiger partial charge on any atom is 0.224 e. The molecular formula is C15H23NO4. The SMILES string of the molecule is COCC(O)CCNC(=O)Cc1cc(C)ccc1OC. The molecule has 0 fully saturated rings. The van der Waals surface area contributed by atoms with E-state index >= 15 is 0 Å². The van der Waals surface area contributed by atoms with Crippen LogP contribution in [0.5, 0.6) is 5.75 Å². The van der Waals surface area contributed by atoms with Gasteiger partial charge in [0.05, 0.1) is 26.2 Å². The van der Waals surface area contributed by atoms with Gasteiger partial charge in [-0.3, -0.25) is 4.79 Å². The molecule has 2 N–H and O–H groups in total. The first-order chi connectivity index (χ1) is 9.56. The topological polar surface area (TPSA) is 67.8 Å². The van der Waals surface area contributed by atoms with Crippen molar-refractivity contribution in [1.29, 1.82) is 0 Å². The molecule has 0 saturated carbocycles. The Balaban J connectivity index is 2.44. The summed E-state index contributed by atoms with van der Waals surface area (Å²) in [7, 11) is 3.12. The molecule has 0 aliphatic rings. The number of aliphatic hydroxyl groups excluding tert-OH is 1. The van der Waals surface area contributed by atoms with Crippen LogP contribution >= 0.6 is 0 Å². The van der Waals surface area contributed by atoms with Crippen molar-refractivity contribution >= 4 is 5.91 Å². The van der Waals surface area contributed by atoms with Crippen LogP contribution in [0.2, 0.25) is 0 Å². The molecule has 5 nitrogen and oxygen atoms in total. The zero-order valence-corrected chi connectivity index (χ0v) is 12.3. The average Bonchev–Trinajstić information content (AvgIpc) is 2.39. The summed E-state index contributed by atoms with van der Waals surface area (Å²) in [6, 6.07) is 5.75. The fourth-order valence-electron chi connectivity index (χ4n) is 1.93. The lowest BCUT2D eigenvalue weighted by atomic mass is 10.1. The van der Waals surface area contributed by atoms with Crippen LogP contribution in [-0.2, 0) is 16.0 Å². The number of carbonyl (C=O) groups excluding carboxylic acids is 1. The first kappa shape index (κ1) is 16.5. The molecule has 5 heteroatoms. The van der Waals surface area contributed by atoms with E-state index < -0.39 is 6.10 Å². The molecule has 112 valence electrons. The predicted molar refractivity (Wildman–Crippen MR) is 76.9 cm³/mol. The van der Waals surface area contributed by atoms with Gasteiger partial charge in [-0.2, -0.15) is 0 Å². The minimum absolute atomic E-state index is 0.0847. The van der Waals surface area contributed by atoms with Gasteiger partial charge in [0.1, 0.15) is 5.75 Å². The van der Waals surface area contributed by atoms with Crippen molar-refractivity contribution < 1.29 is 19.4 Å². The van der Waals surface area contributed by atoms with Crippen molar-refractivity contribution in [2.45, 2.75) is 25.9 Å². The van der Waals surface area contributed by atoms with Crippen LogP contribution in [0.4, 0.5) is 0 Å². The highest BCUT2D eigenvalue weighted by Gasteiger charge is 2.10. The monoisotopic (exact) mass is 281 g/mol. The Bertz CT molecular complexity index is 434. The highest BCUT2D eigenvalue weighted by atomic mass is 16.5. The van der Waals surface area contributed by atoms with Gasteiger partial charge in [-0.25, -0.2) is 0 Å². The zero-order valence-electron chi connectivity index (χ0n) is 12.3. The molecule has 0 saturated heterocycles. The Hall–Kier alpha value is -1.59. The van der Waals surface area contributed by atoms with Gasteiger partial charge in [-0.1, -0.05) is 17.7 Å². The molecule has 0 aromatic heterocycles. The zero-order chi connectivity index (χ0) is 15.0.